The van der Waals surface area contributed by atoms with Crippen LogP contribution in [0.15, 0.2) is 65.7 Å². The Bertz CT molecular complexity index is 871. The molecule has 0 saturated carbocycles. The van der Waals surface area contributed by atoms with Gasteiger partial charge in [0.15, 0.2) is 0 Å². The van der Waals surface area contributed by atoms with Gasteiger partial charge in [0.05, 0.1) is 18.0 Å². The van der Waals surface area contributed by atoms with Gasteiger partial charge >= 0.3 is 10.2 Å². The zero-order valence-corrected chi connectivity index (χ0v) is 19.2. The fraction of sp³-hybridized carbons (Fsp3) is 0.333. The van der Waals surface area contributed by atoms with Crippen molar-refractivity contribution in [2.75, 3.05) is 42.8 Å². The molecule has 0 aliphatic heterocycles. The van der Waals surface area contributed by atoms with E-state index in [9.17, 15) is 8.42 Å². The largest absolute Gasteiger partial charge is 0.494 e. The second kappa shape index (κ2) is 11.2. The molecular formula is C21H28BrN3O3S. The molecule has 0 bridgehead atoms. The summed E-state index contributed by atoms with van der Waals surface area (Å²) in [6.45, 7) is 6.24. The first-order valence-electron chi connectivity index (χ1n) is 9.36. The maximum atomic E-state index is 12.6. The predicted molar refractivity (Wildman–Crippen MR) is 124 cm³/mol. The molecule has 0 heterocycles. The average molecular weight is 482 g/mol. The number of benzene rings is 2. The van der Waals surface area contributed by atoms with Gasteiger partial charge in [-0.2, -0.15) is 8.42 Å². The smallest absolute Gasteiger partial charge is 0.323 e. The number of nitrogens with zero attached hydrogens (tertiary/aromatic N) is 2. The van der Waals surface area contributed by atoms with Crippen LogP contribution >= 0.6 is 15.9 Å². The summed E-state index contributed by atoms with van der Waals surface area (Å²) in [7, 11) is -0.136. The summed E-state index contributed by atoms with van der Waals surface area (Å²) in [4.78, 5) is 2.21. The van der Waals surface area contributed by atoms with Crippen molar-refractivity contribution in [3.63, 3.8) is 0 Å². The number of hydrogen-bond acceptors (Lipinski definition) is 4. The highest BCUT2D eigenvalue weighted by atomic mass is 79.9. The molecule has 6 nitrogen and oxygen atoms in total. The quantitative estimate of drug-likeness (QED) is 0.357. The molecule has 0 amide bonds. The summed E-state index contributed by atoms with van der Waals surface area (Å²) in [5.74, 6) is 0.722. The molecule has 0 fully saturated rings. The third-order valence-corrected chi connectivity index (χ3v) is 6.25. The third-order valence-electron chi connectivity index (χ3n) is 4.30. The van der Waals surface area contributed by atoms with Gasteiger partial charge in [0, 0.05) is 18.1 Å². The molecule has 0 radical (unpaired) electrons. The van der Waals surface area contributed by atoms with E-state index in [0.29, 0.717) is 18.0 Å². The molecule has 2 aromatic rings. The number of rotatable bonds is 12. The number of halogens is 1. The van der Waals surface area contributed by atoms with E-state index in [1.165, 1.54) is 11.4 Å². The van der Waals surface area contributed by atoms with Crippen LogP contribution < -0.4 is 13.8 Å². The van der Waals surface area contributed by atoms with Gasteiger partial charge in [0.2, 0.25) is 0 Å². The number of ether oxygens (including phenoxy) is 1. The monoisotopic (exact) mass is 481 g/mol. The van der Waals surface area contributed by atoms with Gasteiger partial charge in [0.25, 0.3) is 0 Å². The van der Waals surface area contributed by atoms with Crippen LogP contribution in [0.4, 0.5) is 11.4 Å². The lowest BCUT2D eigenvalue weighted by Crippen LogP contribution is -2.32. The van der Waals surface area contributed by atoms with Gasteiger partial charge in [-0.3, -0.25) is 9.03 Å². The van der Waals surface area contributed by atoms with Gasteiger partial charge in [-0.25, -0.2) is 0 Å². The maximum absolute atomic E-state index is 12.6. The van der Waals surface area contributed by atoms with Crippen molar-refractivity contribution in [3.8, 4) is 5.75 Å². The van der Waals surface area contributed by atoms with Crippen molar-refractivity contribution < 1.29 is 13.2 Å². The molecule has 2 rings (SSSR count). The van der Waals surface area contributed by atoms with Crippen LogP contribution in [0.3, 0.4) is 0 Å². The van der Waals surface area contributed by atoms with Crippen LogP contribution in [0, 0.1) is 0 Å². The van der Waals surface area contributed by atoms with Gasteiger partial charge in [-0.1, -0.05) is 22.0 Å². The fourth-order valence-electron chi connectivity index (χ4n) is 2.61. The average Bonchev–Trinajstić information content (AvgIpc) is 2.69. The molecule has 2 aromatic carbocycles. The molecular weight excluding hydrogens is 454 g/mol. The first kappa shape index (κ1) is 23.3. The predicted octanol–water partition coefficient (Wildman–Crippen LogP) is 4.52. The van der Waals surface area contributed by atoms with Gasteiger partial charge in [-0.15, -0.1) is 6.58 Å². The van der Waals surface area contributed by atoms with E-state index < -0.39 is 10.2 Å². The molecule has 29 heavy (non-hydrogen) atoms. The SMILES string of the molecule is C=CCN(C)CCCCOc1ccc(N(C)S(=O)(=O)Nc2ccc(Br)cc2)cc1. The third kappa shape index (κ3) is 7.72. The molecule has 8 heteroatoms. The Labute approximate surface area is 182 Å². The van der Waals surface area contributed by atoms with Crippen LogP contribution in [0.5, 0.6) is 5.75 Å². The molecule has 0 aliphatic carbocycles. The minimum atomic E-state index is -3.71. The molecule has 0 spiro atoms. The van der Waals surface area contributed by atoms with E-state index in [1.54, 1.807) is 48.5 Å². The van der Waals surface area contributed by atoms with Crippen LogP contribution in [0.2, 0.25) is 0 Å². The Balaban J connectivity index is 1.85. The fourth-order valence-corrected chi connectivity index (χ4v) is 3.85. The van der Waals surface area contributed by atoms with Gasteiger partial charge in [0.1, 0.15) is 5.75 Å². The molecule has 0 aliphatic rings. The second-order valence-corrected chi connectivity index (χ2v) is 9.30. The summed E-state index contributed by atoms with van der Waals surface area (Å²) in [5.41, 5.74) is 1.05. The van der Waals surface area contributed by atoms with Crippen LogP contribution in [-0.2, 0) is 10.2 Å². The van der Waals surface area contributed by atoms with Gasteiger partial charge in [-0.05, 0) is 75.0 Å². The molecule has 0 atom stereocenters. The number of anilines is 2. The lowest BCUT2D eigenvalue weighted by Gasteiger charge is -2.20. The second-order valence-electron chi connectivity index (χ2n) is 6.68. The van der Waals surface area contributed by atoms with E-state index in [2.05, 4.69) is 39.2 Å². The summed E-state index contributed by atoms with van der Waals surface area (Å²) in [6.07, 6.45) is 3.89. The zero-order valence-electron chi connectivity index (χ0n) is 16.8. The Morgan fingerprint density at radius 1 is 1.07 bits per heavy atom. The lowest BCUT2D eigenvalue weighted by atomic mass is 10.3. The van der Waals surface area contributed by atoms with Crippen LogP contribution in [0.25, 0.3) is 0 Å². The van der Waals surface area contributed by atoms with Crippen molar-refractivity contribution >= 4 is 37.5 Å². The van der Waals surface area contributed by atoms with Gasteiger partial charge < -0.3 is 9.64 Å². The highest BCUT2D eigenvalue weighted by Gasteiger charge is 2.18. The minimum absolute atomic E-state index is 0.499. The summed E-state index contributed by atoms with van der Waals surface area (Å²) in [5, 5.41) is 0. The zero-order chi connectivity index (χ0) is 21.3. The van der Waals surface area contributed by atoms with Crippen LogP contribution in [0.1, 0.15) is 12.8 Å². The Hall–Kier alpha value is -2.03. The molecule has 0 saturated heterocycles. The van der Waals surface area contributed by atoms with E-state index in [0.717, 1.165) is 36.2 Å². The molecule has 1 N–H and O–H groups in total. The van der Waals surface area contributed by atoms with Crippen LogP contribution in [-0.4, -0.2) is 47.1 Å². The van der Waals surface area contributed by atoms with Crippen molar-refractivity contribution in [2.24, 2.45) is 0 Å². The van der Waals surface area contributed by atoms with Crippen molar-refractivity contribution in [3.05, 3.63) is 65.7 Å². The van der Waals surface area contributed by atoms with E-state index >= 15 is 0 Å². The minimum Gasteiger partial charge on any atom is -0.494 e. The summed E-state index contributed by atoms with van der Waals surface area (Å²) in [6, 6.07) is 14.0. The number of unbranched alkanes of at least 4 members (excludes halogenated alkanes) is 1. The van der Waals surface area contributed by atoms with Crippen molar-refractivity contribution in [2.45, 2.75) is 12.8 Å². The van der Waals surface area contributed by atoms with Crippen molar-refractivity contribution in [1.82, 2.24) is 4.90 Å². The number of likely N-dealkylation sites (N-methyl/N-ethyl adjacent to an activating group) is 1. The standard InChI is InChI=1S/C21H28BrN3O3S/c1-4-15-24(2)16-5-6-17-28-21-13-11-20(12-14-21)25(3)29(26,27)23-19-9-7-18(22)8-10-19/h4,7-14,23H,1,5-6,15-17H2,2-3H3. The Kier molecular flexibility index (Phi) is 9.00. The summed E-state index contributed by atoms with van der Waals surface area (Å²) >= 11 is 3.33. The molecule has 158 valence electrons. The molecule has 0 unspecified atom stereocenters. The first-order chi connectivity index (χ1) is 13.8. The topological polar surface area (TPSA) is 61.9 Å². The molecule has 0 aromatic heterocycles. The Morgan fingerprint density at radius 3 is 2.34 bits per heavy atom. The highest BCUT2D eigenvalue weighted by molar-refractivity contribution is 9.10. The lowest BCUT2D eigenvalue weighted by molar-refractivity contribution is 0.287. The number of hydrogen-bond donors (Lipinski definition) is 1. The van der Waals surface area contributed by atoms with E-state index in [4.69, 9.17) is 4.74 Å². The maximum Gasteiger partial charge on any atom is 0.323 e. The Morgan fingerprint density at radius 2 is 1.72 bits per heavy atom. The number of nitrogens with one attached hydrogen (secondary N) is 1. The first-order valence-corrected chi connectivity index (χ1v) is 11.6. The normalized spacial score (nSPS) is 11.3. The van der Waals surface area contributed by atoms with Crippen molar-refractivity contribution in [1.29, 1.82) is 0 Å². The van der Waals surface area contributed by atoms with E-state index in [1.807, 2.05) is 6.08 Å². The highest BCUT2D eigenvalue weighted by Crippen LogP contribution is 2.22. The van der Waals surface area contributed by atoms with E-state index in [-0.39, 0.29) is 0 Å². The summed E-state index contributed by atoms with van der Waals surface area (Å²) < 4.78 is 35.5.